The number of carboxylic acid groups (broad SMARTS) is 1. The third kappa shape index (κ3) is 6.77. The lowest BCUT2D eigenvalue weighted by atomic mass is 9.78. The van der Waals surface area contributed by atoms with Crippen molar-refractivity contribution in [1.82, 2.24) is 5.32 Å². The molecule has 4 heterocycles. The molecule has 0 aromatic heterocycles. The van der Waals surface area contributed by atoms with Crippen molar-refractivity contribution in [3.63, 3.8) is 0 Å². The fourth-order valence-electron chi connectivity index (χ4n) is 7.64. The molecule has 3 aromatic carbocycles. The predicted molar refractivity (Wildman–Crippen MR) is 204 cm³/mol. The molecule has 52 heavy (non-hydrogen) atoms. The van der Waals surface area contributed by atoms with E-state index in [1.165, 1.54) is 0 Å². The number of alkyl halides is 1. The third-order valence-corrected chi connectivity index (χ3v) is 14.0. The Morgan fingerprint density at radius 1 is 0.865 bits per heavy atom. The molecule has 1 amide bonds. The smallest absolute Gasteiger partial charge is 0.340 e. The van der Waals surface area contributed by atoms with Gasteiger partial charge in [0.25, 0.3) is 5.91 Å². The first-order chi connectivity index (χ1) is 25.1. The maximum atomic E-state index is 13.7. The Bertz CT molecular complexity index is 1840. The van der Waals surface area contributed by atoms with Crippen LogP contribution in [0.15, 0.2) is 64.4 Å². The summed E-state index contributed by atoms with van der Waals surface area (Å²) in [6.45, 7) is 5.27. The van der Waals surface area contributed by atoms with E-state index >= 15 is 0 Å². The van der Waals surface area contributed by atoms with Gasteiger partial charge in [0.2, 0.25) is 0 Å². The van der Waals surface area contributed by atoms with Gasteiger partial charge in [0.1, 0.15) is 0 Å². The molecule has 4 aliphatic heterocycles. The number of esters is 1. The van der Waals surface area contributed by atoms with E-state index in [-0.39, 0.29) is 11.8 Å². The first-order valence-electron chi connectivity index (χ1n) is 18.3. The standard InChI is InChI=1S/C40H48ClN3O7S/c1-52(2)35-23-29(43-16-7-17-43)9-12-32(35)40(33-13-10-30(24-36(33)52)44-25-28(26-44)38(46)47)34-22-27(8-11-31(34)39(48)51-40)37(45)42-15-19-50-21-20-49-18-6-4-3-5-14-41/h8-13,22-24,28H,3-7,14-21,25-26H2,1-2H3,(H,42,45)(H,46,47). The van der Waals surface area contributed by atoms with Crippen LogP contribution in [0.5, 0.6) is 0 Å². The van der Waals surface area contributed by atoms with Crippen LogP contribution < -0.4 is 15.1 Å². The largest absolute Gasteiger partial charge is 0.481 e. The molecule has 0 saturated carbocycles. The number of nitrogens with one attached hydrogen (secondary N) is 1. The Morgan fingerprint density at radius 2 is 1.52 bits per heavy atom. The van der Waals surface area contributed by atoms with E-state index in [0.29, 0.717) is 68.6 Å². The molecule has 2 fully saturated rings. The average Bonchev–Trinajstić information content (AvgIpc) is 3.38. The fourth-order valence-corrected chi connectivity index (χ4v) is 10.4. The van der Waals surface area contributed by atoms with Crippen molar-refractivity contribution in [2.45, 2.75) is 47.5 Å². The number of carboxylic acids is 1. The zero-order valence-electron chi connectivity index (χ0n) is 30.0. The monoisotopic (exact) mass is 749 g/mol. The van der Waals surface area contributed by atoms with E-state index in [4.69, 9.17) is 25.8 Å². The number of hydrogen-bond acceptors (Lipinski definition) is 8. The number of unbranched alkanes of at least 4 members (excludes halogenated alkanes) is 3. The molecule has 10 nitrogen and oxygen atoms in total. The third-order valence-electron chi connectivity index (χ3n) is 10.8. The normalized spacial score (nSPS) is 20.3. The number of hydrogen-bond donors (Lipinski definition) is 2. The molecule has 0 radical (unpaired) electrons. The van der Waals surface area contributed by atoms with E-state index in [9.17, 15) is 19.5 Å². The minimum Gasteiger partial charge on any atom is -0.481 e. The summed E-state index contributed by atoms with van der Waals surface area (Å²) >= 11 is 5.72. The summed E-state index contributed by atoms with van der Waals surface area (Å²) in [6, 6.07) is 17.9. The predicted octanol–water partition coefficient (Wildman–Crippen LogP) is 6.24. The zero-order chi connectivity index (χ0) is 36.5. The maximum absolute atomic E-state index is 13.7. The first kappa shape index (κ1) is 36.6. The lowest BCUT2D eigenvalue weighted by molar-refractivity contribution is -0.142. The van der Waals surface area contributed by atoms with Gasteiger partial charge in [-0.15, -0.1) is 11.6 Å². The van der Waals surface area contributed by atoms with Gasteiger partial charge in [0.05, 0.1) is 31.3 Å². The Hall–Kier alpha value is -3.77. The first-order valence-corrected chi connectivity index (χ1v) is 21.3. The van der Waals surface area contributed by atoms with Crippen LogP contribution in [0.2, 0.25) is 0 Å². The minimum absolute atomic E-state index is 0.259. The van der Waals surface area contributed by atoms with Gasteiger partial charge in [0.15, 0.2) is 5.60 Å². The molecule has 2 saturated heterocycles. The van der Waals surface area contributed by atoms with E-state index in [0.717, 1.165) is 77.5 Å². The van der Waals surface area contributed by atoms with E-state index < -0.39 is 27.6 Å². The molecule has 278 valence electrons. The Kier molecular flexibility index (Phi) is 10.8. The van der Waals surface area contributed by atoms with E-state index in [1.807, 2.05) is 18.2 Å². The number of nitrogens with zero attached hydrogens (tertiary/aromatic N) is 2. The van der Waals surface area contributed by atoms with Gasteiger partial charge in [-0.25, -0.2) is 4.79 Å². The van der Waals surface area contributed by atoms with Crippen LogP contribution in [-0.4, -0.2) is 100 Å². The van der Waals surface area contributed by atoms with Crippen molar-refractivity contribution >= 4 is 50.8 Å². The van der Waals surface area contributed by atoms with Gasteiger partial charge in [-0.1, -0.05) is 25.0 Å². The Morgan fingerprint density at radius 3 is 2.15 bits per heavy atom. The molecule has 7 rings (SSSR count). The fraction of sp³-hybridized carbons (Fsp3) is 0.475. The van der Waals surface area contributed by atoms with Gasteiger partial charge in [-0.2, -0.15) is 10.0 Å². The van der Waals surface area contributed by atoms with Gasteiger partial charge in [-0.3, -0.25) is 9.59 Å². The number of halogens is 1. The number of carbonyl (C=O) groups is 3. The van der Waals surface area contributed by atoms with Crippen molar-refractivity contribution < 1.29 is 33.7 Å². The van der Waals surface area contributed by atoms with E-state index in [2.05, 4.69) is 51.9 Å². The lowest BCUT2D eigenvalue weighted by Gasteiger charge is -2.48. The number of fused-ring (bicyclic) bond motifs is 6. The Labute approximate surface area is 312 Å². The summed E-state index contributed by atoms with van der Waals surface area (Å²) in [5.74, 6) is -1.15. The van der Waals surface area contributed by atoms with Crippen LogP contribution in [0.4, 0.5) is 11.4 Å². The number of aliphatic carboxylic acids is 1. The molecule has 2 N–H and O–H groups in total. The maximum Gasteiger partial charge on any atom is 0.340 e. The highest BCUT2D eigenvalue weighted by molar-refractivity contribution is 8.32. The molecule has 1 atom stereocenters. The number of ether oxygens (including phenoxy) is 3. The van der Waals surface area contributed by atoms with Crippen LogP contribution in [0.25, 0.3) is 0 Å². The molecule has 0 aliphatic carbocycles. The summed E-state index contributed by atoms with van der Waals surface area (Å²) in [6.07, 6.45) is 9.98. The molecule has 1 spiro atoms. The molecular formula is C40H48ClN3O7S. The second kappa shape index (κ2) is 15.3. The molecule has 1 unspecified atom stereocenters. The summed E-state index contributed by atoms with van der Waals surface area (Å²) in [4.78, 5) is 45.5. The summed E-state index contributed by atoms with van der Waals surface area (Å²) in [5.41, 5.74) is 4.19. The zero-order valence-corrected chi connectivity index (χ0v) is 31.5. The highest BCUT2D eigenvalue weighted by Crippen LogP contribution is 2.69. The summed E-state index contributed by atoms with van der Waals surface area (Å²) in [5, 5.41) is 12.5. The number of anilines is 2. The van der Waals surface area contributed by atoms with Crippen molar-refractivity contribution in [1.29, 1.82) is 0 Å². The van der Waals surface area contributed by atoms with Gasteiger partial charge in [0, 0.05) is 88.6 Å². The minimum atomic E-state index is -1.62. The van der Waals surface area contributed by atoms with Crippen LogP contribution in [0, 0.1) is 5.92 Å². The average molecular weight is 750 g/mol. The van der Waals surface area contributed by atoms with Crippen molar-refractivity contribution in [3.05, 3.63) is 82.4 Å². The van der Waals surface area contributed by atoms with Crippen molar-refractivity contribution in [2.75, 3.05) is 87.3 Å². The summed E-state index contributed by atoms with van der Waals surface area (Å²) < 4.78 is 17.9. The summed E-state index contributed by atoms with van der Waals surface area (Å²) in [7, 11) is -1.62. The number of benzene rings is 3. The second-order valence-electron chi connectivity index (χ2n) is 14.4. The number of amides is 1. The van der Waals surface area contributed by atoms with Crippen LogP contribution in [-0.2, 0) is 24.6 Å². The topological polar surface area (TPSA) is 118 Å². The highest BCUT2D eigenvalue weighted by atomic mass is 35.5. The highest BCUT2D eigenvalue weighted by Gasteiger charge is 2.55. The second-order valence-corrected chi connectivity index (χ2v) is 18.3. The number of carbonyl (C=O) groups excluding carboxylic acids is 2. The number of rotatable bonds is 16. The Balaban J connectivity index is 1.13. The van der Waals surface area contributed by atoms with Crippen LogP contribution in [0.3, 0.4) is 0 Å². The SMILES string of the molecule is CS1(C)c2cc(N3CCC3)ccc2C2(OC(=O)c3ccc(C(=O)NCCOCCOCCCCCCCl)cc32)c2ccc(N3CC(C(=O)O)C3)cc21. The molecule has 0 bridgehead atoms. The van der Waals surface area contributed by atoms with Crippen LogP contribution in [0.1, 0.15) is 69.5 Å². The molecule has 3 aromatic rings. The molecule has 12 heteroatoms. The van der Waals surface area contributed by atoms with Gasteiger partial charge >= 0.3 is 11.9 Å². The van der Waals surface area contributed by atoms with E-state index in [1.54, 1.807) is 12.1 Å². The molecular weight excluding hydrogens is 702 g/mol. The van der Waals surface area contributed by atoms with Crippen molar-refractivity contribution in [3.8, 4) is 0 Å². The van der Waals surface area contributed by atoms with Crippen LogP contribution >= 0.6 is 21.6 Å². The lowest BCUT2D eigenvalue weighted by Crippen LogP contribution is -2.50. The van der Waals surface area contributed by atoms with Crippen molar-refractivity contribution in [2.24, 2.45) is 5.92 Å². The van der Waals surface area contributed by atoms with Gasteiger partial charge < -0.3 is 34.4 Å². The van der Waals surface area contributed by atoms with Gasteiger partial charge in [-0.05, 0) is 74.2 Å². The quantitative estimate of drug-likeness (QED) is 0.0998. The molecule has 4 aliphatic rings.